The quantitative estimate of drug-likeness (QED) is 0.0173. The maximum Gasteiger partial charge on any atom is 0.397 e. The monoisotopic (exact) mass is 934 g/mol. The van der Waals surface area contributed by atoms with E-state index in [1.807, 2.05) is 0 Å². The third kappa shape index (κ3) is 32.3. The molecule has 0 bridgehead atoms. The van der Waals surface area contributed by atoms with Crippen molar-refractivity contribution in [2.45, 2.75) is 275 Å². The second kappa shape index (κ2) is 40.6. The Balaban J connectivity index is 2.48. The van der Waals surface area contributed by atoms with Crippen molar-refractivity contribution in [2.24, 2.45) is 0 Å². The van der Waals surface area contributed by atoms with Gasteiger partial charge >= 0.3 is 10.4 Å². The molecule has 64 heavy (non-hydrogen) atoms. The molecule has 0 aliphatic carbocycles. The van der Waals surface area contributed by atoms with E-state index in [9.17, 15) is 43.3 Å². The van der Waals surface area contributed by atoms with E-state index in [2.05, 4.69) is 47.7 Å². The van der Waals surface area contributed by atoms with Crippen molar-refractivity contribution in [2.75, 3.05) is 13.2 Å². The molecule has 13 nitrogen and oxygen atoms in total. The van der Waals surface area contributed by atoms with Crippen LogP contribution in [-0.4, -0.2) is 107 Å². The third-order valence-electron chi connectivity index (χ3n) is 12.4. The number of unbranched alkanes of at least 4 members (excludes halogenated alkanes) is 28. The Morgan fingerprint density at radius 1 is 0.625 bits per heavy atom. The largest absolute Gasteiger partial charge is 0.397 e. The molecular weight excluding hydrogens is 839 g/mol. The first kappa shape index (κ1) is 60.6. The predicted molar refractivity (Wildman–Crippen MR) is 256 cm³/mol. The molecule has 1 aliphatic heterocycles. The van der Waals surface area contributed by atoms with E-state index in [1.54, 1.807) is 0 Å². The lowest BCUT2D eigenvalue weighted by Gasteiger charge is -2.41. The molecule has 378 valence electrons. The Kier molecular flexibility index (Phi) is 38.4. The first-order valence-electron chi connectivity index (χ1n) is 25.8. The summed E-state index contributed by atoms with van der Waals surface area (Å²) < 4.78 is 47.7. The molecule has 8 unspecified atom stereocenters. The fourth-order valence-electron chi connectivity index (χ4n) is 8.28. The molecule has 7 N–H and O–H groups in total. The minimum Gasteiger partial charge on any atom is -0.394 e. The number of aliphatic hydroxyl groups is 5. The van der Waals surface area contributed by atoms with Crippen molar-refractivity contribution in [1.82, 2.24) is 5.32 Å². The van der Waals surface area contributed by atoms with Crippen LogP contribution in [0.5, 0.6) is 0 Å². The lowest BCUT2D eigenvalue weighted by Crippen LogP contribution is -2.61. The highest BCUT2D eigenvalue weighted by Crippen LogP contribution is 2.26. The first-order valence-corrected chi connectivity index (χ1v) is 27.2. The normalized spacial score (nSPS) is 20.9. The van der Waals surface area contributed by atoms with E-state index < -0.39 is 78.5 Å². The smallest absolute Gasteiger partial charge is 0.394 e. The topological polar surface area (TPSA) is 212 Å². The van der Waals surface area contributed by atoms with Gasteiger partial charge in [0.25, 0.3) is 0 Å². The molecular formula is C50H95NO12S. The fourth-order valence-corrected chi connectivity index (χ4v) is 8.79. The lowest BCUT2D eigenvalue weighted by atomic mass is 9.99. The molecule has 0 radical (unpaired) electrons. The summed E-state index contributed by atoms with van der Waals surface area (Å²) in [5.41, 5.74) is 0. The average Bonchev–Trinajstić information content (AvgIpc) is 3.27. The van der Waals surface area contributed by atoms with Crippen molar-refractivity contribution >= 4 is 16.3 Å². The summed E-state index contributed by atoms with van der Waals surface area (Å²) in [7, 11) is -5.11. The Morgan fingerprint density at radius 3 is 1.48 bits per heavy atom. The fraction of sp³-hybridized carbons (Fsp3) is 0.900. The summed E-state index contributed by atoms with van der Waals surface area (Å²) in [5, 5.41) is 55.5. The van der Waals surface area contributed by atoms with Crippen LogP contribution in [-0.2, 0) is 28.9 Å². The van der Waals surface area contributed by atoms with Gasteiger partial charge in [-0.3, -0.25) is 9.35 Å². The standard InChI is InChI=1S/C50H95NO12S/c1-3-5-7-9-11-13-15-17-19-20-21-22-23-24-25-27-28-30-32-34-36-38-43(53)42(41-61-50-47(56)48(63-64(58,59)60)46(55)45(40-52)62-50)51-49(57)44(54)39-37-35-33-31-29-26-18-16-14-12-10-8-6-4-2/h12,14,16,18,42-48,50,52-56H,3-11,13,15,17,19-41H2,1-2H3,(H,51,57)(H,58,59,60)/b14-12-,18-16-. The zero-order valence-corrected chi connectivity index (χ0v) is 41.0. The van der Waals surface area contributed by atoms with E-state index in [1.165, 1.54) is 128 Å². The minimum absolute atomic E-state index is 0.243. The Labute approximate surface area is 389 Å². The second-order valence-corrected chi connectivity index (χ2v) is 19.3. The number of nitrogens with one attached hydrogen (secondary N) is 1. The van der Waals surface area contributed by atoms with Gasteiger partial charge in [-0.25, -0.2) is 4.18 Å². The van der Waals surface area contributed by atoms with Crippen LogP contribution < -0.4 is 5.32 Å². The molecule has 1 heterocycles. The number of ether oxygens (including phenoxy) is 2. The summed E-state index contributed by atoms with van der Waals surface area (Å²) >= 11 is 0. The molecule has 1 rings (SSSR count). The van der Waals surface area contributed by atoms with Gasteiger partial charge in [0.05, 0.1) is 25.4 Å². The summed E-state index contributed by atoms with van der Waals surface area (Å²) in [6.07, 6.45) is 35.0. The van der Waals surface area contributed by atoms with E-state index in [0.717, 1.165) is 57.8 Å². The summed E-state index contributed by atoms with van der Waals surface area (Å²) in [4.78, 5) is 13.2. The number of carbonyl (C=O) groups excluding carboxylic acids is 1. The van der Waals surface area contributed by atoms with E-state index in [-0.39, 0.29) is 6.42 Å². The molecule has 1 saturated heterocycles. The summed E-state index contributed by atoms with van der Waals surface area (Å²) in [6, 6.07) is -1.04. The van der Waals surface area contributed by atoms with Crippen LogP contribution in [0.25, 0.3) is 0 Å². The van der Waals surface area contributed by atoms with Crippen LogP contribution in [0.1, 0.15) is 226 Å². The average molecular weight is 934 g/mol. The Hall–Kier alpha value is -1.46. The zero-order chi connectivity index (χ0) is 47.1. The molecule has 0 aromatic rings. The van der Waals surface area contributed by atoms with Crippen molar-refractivity contribution in [1.29, 1.82) is 0 Å². The maximum atomic E-state index is 13.2. The van der Waals surface area contributed by atoms with Crippen LogP contribution in [0.2, 0.25) is 0 Å². The van der Waals surface area contributed by atoms with Gasteiger partial charge in [-0.2, -0.15) is 8.42 Å². The van der Waals surface area contributed by atoms with E-state index in [4.69, 9.17) is 9.47 Å². The molecule has 1 fully saturated rings. The number of aliphatic hydroxyl groups excluding tert-OH is 5. The number of carbonyl (C=O) groups is 1. The molecule has 0 aromatic heterocycles. The van der Waals surface area contributed by atoms with Crippen molar-refractivity contribution in [3.63, 3.8) is 0 Å². The summed E-state index contributed by atoms with van der Waals surface area (Å²) in [6.45, 7) is 3.26. The molecule has 0 spiro atoms. The van der Waals surface area contributed by atoms with Gasteiger partial charge in [0, 0.05) is 0 Å². The van der Waals surface area contributed by atoms with Gasteiger partial charge in [0.2, 0.25) is 5.91 Å². The molecule has 14 heteroatoms. The molecule has 1 amide bonds. The van der Waals surface area contributed by atoms with Crippen LogP contribution >= 0.6 is 0 Å². The second-order valence-electron chi connectivity index (χ2n) is 18.3. The van der Waals surface area contributed by atoms with E-state index in [0.29, 0.717) is 19.3 Å². The van der Waals surface area contributed by atoms with Gasteiger partial charge in [0.1, 0.15) is 30.5 Å². The third-order valence-corrected chi connectivity index (χ3v) is 12.9. The first-order chi connectivity index (χ1) is 30.9. The molecule has 0 aromatic carbocycles. The maximum absolute atomic E-state index is 13.2. The Morgan fingerprint density at radius 2 is 1.03 bits per heavy atom. The van der Waals surface area contributed by atoms with Crippen molar-refractivity contribution in [3.05, 3.63) is 24.3 Å². The van der Waals surface area contributed by atoms with Gasteiger partial charge in [-0.15, -0.1) is 0 Å². The van der Waals surface area contributed by atoms with Gasteiger partial charge < -0.3 is 40.3 Å². The SMILES string of the molecule is CCCCC/C=C\C=C/CCCCCCCC(O)C(=O)NC(COC1OC(CO)C(O)C(OS(=O)(=O)O)C1O)C(O)CCCCCCCCCCCCCCCCCCCCCCC. The van der Waals surface area contributed by atoms with Crippen molar-refractivity contribution < 1.29 is 57.0 Å². The van der Waals surface area contributed by atoms with Crippen LogP contribution in [0, 0.1) is 0 Å². The Bertz CT molecular complexity index is 1250. The van der Waals surface area contributed by atoms with Gasteiger partial charge in [0.15, 0.2) is 6.29 Å². The molecule has 1 aliphatic rings. The number of allylic oxidation sites excluding steroid dienone is 4. The predicted octanol–water partition coefficient (Wildman–Crippen LogP) is 9.86. The van der Waals surface area contributed by atoms with Crippen LogP contribution in [0.4, 0.5) is 0 Å². The van der Waals surface area contributed by atoms with Gasteiger partial charge in [-0.05, 0) is 38.5 Å². The number of rotatable bonds is 44. The van der Waals surface area contributed by atoms with Crippen LogP contribution in [0.15, 0.2) is 24.3 Å². The molecule has 0 saturated carbocycles. The summed E-state index contributed by atoms with van der Waals surface area (Å²) in [5.74, 6) is -0.680. The number of hydrogen-bond donors (Lipinski definition) is 7. The highest BCUT2D eigenvalue weighted by atomic mass is 32.3. The van der Waals surface area contributed by atoms with Crippen molar-refractivity contribution in [3.8, 4) is 0 Å². The minimum atomic E-state index is -5.11. The lowest BCUT2D eigenvalue weighted by molar-refractivity contribution is -0.298. The van der Waals surface area contributed by atoms with Crippen LogP contribution in [0.3, 0.4) is 0 Å². The number of hydrogen-bond acceptors (Lipinski definition) is 11. The van der Waals surface area contributed by atoms with Gasteiger partial charge in [-0.1, -0.05) is 212 Å². The van der Waals surface area contributed by atoms with E-state index >= 15 is 0 Å². The zero-order valence-electron chi connectivity index (χ0n) is 40.2. The molecule has 8 atom stereocenters. The highest BCUT2D eigenvalue weighted by molar-refractivity contribution is 7.80. The highest BCUT2D eigenvalue weighted by Gasteiger charge is 2.48. The number of amides is 1.